The predicted molar refractivity (Wildman–Crippen MR) is 59.7 cm³/mol. The van der Waals surface area contributed by atoms with E-state index in [2.05, 4.69) is 17.3 Å². The van der Waals surface area contributed by atoms with Crippen LogP contribution in [0, 0.1) is 5.92 Å². The van der Waals surface area contributed by atoms with Crippen molar-refractivity contribution >= 4 is 5.91 Å². The third kappa shape index (κ3) is 5.14. The summed E-state index contributed by atoms with van der Waals surface area (Å²) in [5.41, 5.74) is 0. The van der Waals surface area contributed by atoms with Gasteiger partial charge in [-0.15, -0.1) is 0 Å². The van der Waals surface area contributed by atoms with Gasteiger partial charge in [0.2, 0.25) is 5.91 Å². The van der Waals surface area contributed by atoms with Crippen LogP contribution < -0.4 is 5.32 Å². The van der Waals surface area contributed by atoms with Crippen molar-refractivity contribution in [1.29, 1.82) is 0 Å². The zero-order chi connectivity index (χ0) is 11.1. The van der Waals surface area contributed by atoms with Crippen LogP contribution in [0.3, 0.4) is 0 Å². The number of rotatable bonds is 5. The molecule has 0 spiro atoms. The zero-order valence-electron chi connectivity index (χ0n) is 9.79. The quantitative estimate of drug-likeness (QED) is 0.724. The van der Waals surface area contributed by atoms with Crippen LogP contribution in [0.25, 0.3) is 0 Å². The number of likely N-dealkylation sites (tertiary alicyclic amines) is 1. The van der Waals surface area contributed by atoms with E-state index >= 15 is 0 Å². The highest BCUT2D eigenvalue weighted by molar-refractivity contribution is 5.77. The van der Waals surface area contributed by atoms with Gasteiger partial charge in [0.05, 0.1) is 0 Å². The molecule has 1 aliphatic heterocycles. The van der Waals surface area contributed by atoms with Crippen molar-refractivity contribution < 1.29 is 9.53 Å². The van der Waals surface area contributed by atoms with E-state index in [1.807, 2.05) is 6.92 Å². The van der Waals surface area contributed by atoms with Gasteiger partial charge >= 0.3 is 0 Å². The molecule has 1 unspecified atom stereocenters. The Kier molecular flexibility index (Phi) is 5.65. The molecule has 1 amide bonds. The molecule has 1 N–H and O–H groups in total. The summed E-state index contributed by atoms with van der Waals surface area (Å²) in [5.74, 6) is 0.611. The van der Waals surface area contributed by atoms with E-state index < -0.39 is 0 Å². The summed E-state index contributed by atoms with van der Waals surface area (Å²) in [6.45, 7) is 5.75. The lowest BCUT2D eigenvalue weighted by atomic mass is 9.98. The maximum atomic E-state index is 11.3. The van der Waals surface area contributed by atoms with E-state index in [1.165, 1.54) is 19.4 Å². The van der Waals surface area contributed by atoms with Gasteiger partial charge in [-0.05, 0) is 39.3 Å². The van der Waals surface area contributed by atoms with Crippen LogP contribution in [-0.2, 0) is 9.53 Å². The normalized spacial score (nSPS) is 22.7. The first-order valence-electron chi connectivity index (χ1n) is 5.75. The molecule has 4 heteroatoms. The number of amides is 1. The van der Waals surface area contributed by atoms with Crippen LogP contribution in [0.1, 0.15) is 19.8 Å². The average Bonchev–Trinajstić information content (AvgIpc) is 2.23. The fourth-order valence-corrected chi connectivity index (χ4v) is 1.94. The first-order valence-corrected chi connectivity index (χ1v) is 5.75. The number of carbonyl (C=O) groups excluding carboxylic acids is 1. The molecular weight excluding hydrogens is 192 g/mol. The van der Waals surface area contributed by atoms with Crippen LogP contribution in [0.4, 0.5) is 0 Å². The van der Waals surface area contributed by atoms with E-state index in [-0.39, 0.29) is 12.5 Å². The Morgan fingerprint density at radius 1 is 1.60 bits per heavy atom. The summed E-state index contributed by atoms with van der Waals surface area (Å²) in [4.78, 5) is 13.6. The first-order chi connectivity index (χ1) is 7.22. The van der Waals surface area contributed by atoms with Crippen molar-refractivity contribution in [3.8, 4) is 0 Å². The maximum absolute atomic E-state index is 11.3. The van der Waals surface area contributed by atoms with Gasteiger partial charge in [-0.25, -0.2) is 0 Å². The SMILES string of the molecule is CCOCC(=O)NCC1CCCN(C)C1. The highest BCUT2D eigenvalue weighted by atomic mass is 16.5. The lowest BCUT2D eigenvalue weighted by molar-refractivity contribution is -0.125. The number of nitrogens with zero attached hydrogens (tertiary/aromatic N) is 1. The summed E-state index contributed by atoms with van der Waals surface area (Å²) in [5, 5.41) is 2.92. The van der Waals surface area contributed by atoms with Gasteiger partial charge in [0.25, 0.3) is 0 Å². The van der Waals surface area contributed by atoms with Crippen molar-refractivity contribution in [3.63, 3.8) is 0 Å². The molecule has 0 radical (unpaired) electrons. The van der Waals surface area contributed by atoms with Gasteiger partial charge in [0.15, 0.2) is 0 Å². The van der Waals surface area contributed by atoms with Crippen molar-refractivity contribution in [3.05, 3.63) is 0 Å². The minimum absolute atomic E-state index is 0.00470. The molecule has 0 saturated carbocycles. The Labute approximate surface area is 92.0 Å². The van der Waals surface area contributed by atoms with Gasteiger partial charge in [0.1, 0.15) is 6.61 Å². The summed E-state index contributed by atoms with van der Waals surface area (Å²) >= 11 is 0. The van der Waals surface area contributed by atoms with Crippen molar-refractivity contribution in [2.45, 2.75) is 19.8 Å². The fourth-order valence-electron chi connectivity index (χ4n) is 1.94. The smallest absolute Gasteiger partial charge is 0.246 e. The third-order valence-corrected chi connectivity index (χ3v) is 2.75. The molecule has 1 heterocycles. The van der Waals surface area contributed by atoms with Crippen LogP contribution in [0.2, 0.25) is 0 Å². The molecule has 0 bridgehead atoms. The molecule has 0 aliphatic carbocycles. The van der Waals surface area contributed by atoms with Crippen LogP contribution in [-0.4, -0.2) is 50.7 Å². The van der Waals surface area contributed by atoms with Gasteiger partial charge in [0, 0.05) is 19.7 Å². The Hall–Kier alpha value is -0.610. The molecule has 1 atom stereocenters. The van der Waals surface area contributed by atoms with Crippen molar-refractivity contribution in [2.24, 2.45) is 5.92 Å². The standard InChI is InChI=1S/C11H22N2O2/c1-3-15-9-11(14)12-7-10-5-4-6-13(2)8-10/h10H,3-9H2,1-2H3,(H,12,14). The second kappa shape index (κ2) is 6.80. The second-order valence-electron chi connectivity index (χ2n) is 4.21. The number of hydrogen-bond acceptors (Lipinski definition) is 3. The number of ether oxygens (including phenoxy) is 1. The van der Waals surface area contributed by atoms with Crippen molar-refractivity contribution in [1.82, 2.24) is 10.2 Å². The topological polar surface area (TPSA) is 41.6 Å². The summed E-state index contributed by atoms with van der Waals surface area (Å²) in [6, 6.07) is 0. The zero-order valence-corrected chi connectivity index (χ0v) is 9.79. The van der Waals surface area contributed by atoms with Gasteiger partial charge in [-0.1, -0.05) is 0 Å². The highest BCUT2D eigenvalue weighted by Gasteiger charge is 2.17. The Balaban J connectivity index is 2.10. The predicted octanol–water partition coefficient (Wildman–Crippen LogP) is 0.481. The first kappa shape index (κ1) is 12.5. The molecule has 1 aliphatic rings. The number of nitrogens with one attached hydrogen (secondary N) is 1. The summed E-state index contributed by atoms with van der Waals surface area (Å²) < 4.78 is 5.03. The molecule has 1 fully saturated rings. The monoisotopic (exact) mass is 214 g/mol. The molecule has 1 saturated heterocycles. The summed E-state index contributed by atoms with van der Waals surface area (Å²) in [7, 11) is 2.13. The number of piperidine rings is 1. The van der Waals surface area contributed by atoms with Crippen molar-refractivity contribution in [2.75, 3.05) is 39.9 Å². The largest absolute Gasteiger partial charge is 0.372 e. The van der Waals surface area contributed by atoms with Gasteiger partial charge in [-0.2, -0.15) is 0 Å². The van der Waals surface area contributed by atoms with E-state index in [0.717, 1.165) is 13.1 Å². The molecule has 0 aromatic heterocycles. The molecule has 4 nitrogen and oxygen atoms in total. The third-order valence-electron chi connectivity index (χ3n) is 2.75. The van der Waals surface area contributed by atoms with E-state index in [0.29, 0.717) is 12.5 Å². The van der Waals surface area contributed by atoms with Crippen LogP contribution in [0.15, 0.2) is 0 Å². The van der Waals surface area contributed by atoms with Crippen LogP contribution >= 0.6 is 0 Å². The molecule has 15 heavy (non-hydrogen) atoms. The lowest BCUT2D eigenvalue weighted by Crippen LogP contribution is -2.40. The number of carbonyl (C=O) groups is 1. The maximum Gasteiger partial charge on any atom is 0.246 e. The van der Waals surface area contributed by atoms with E-state index in [1.54, 1.807) is 0 Å². The molecular formula is C11H22N2O2. The second-order valence-corrected chi connectivity index (χ2v) is 4.21. The average molecular weight is 214 g/mol. The number of hydrogen-bond donors (Lipinski definition) is 1. The van der Waals surface area contributed by atoms with Crippen LogP contribution in [0.5, 0.6) is 0 Å². The fraction of sp³-hybridized carbons (Fsp3) is 0.909. The molecule has 88 valence electrons. The van der Waals surface area contributed by atoms with E-state index in [4.69, 9.17) is 4.74 Å². The minimum atomic E-state index is 0.00470. The summed E-state index contributed by atoms with van der Waals surface area (Å²) in [6.07, 6.45) is 2.46. The Morgan fingerprint density at radius 2 is 2.40 bits per heavy atom. The Bertz CT molecular complexity index is 197. The molecule has 1 rings (SSSR count). The Morgan fingerprint density at radius 3 is 3.07 bits per heavy atom. The molecule has 0 aromatic carbocycles. The minimum Gasteiger partial charge on any atom is -0.372 e. The van der Waals surface area contributed by atoms with Gasteiger partial charge < -0.3 is 15.0 Å². The lowest BCUT2D eigenvalue weighted by Gasteiger charge is -2.29. The highest BCUT2D eigenvalue weighted by Crippen LogP contribution is 2.13. The van der Waals surface area contributed by atoms with Gasteiger partial charge in [-0.3, -0.25) is 4.79 Å². The molecule has 0 aromatic rings. The van der Waals surface area contributed by atoms with E-state index in [9.17, 15) is 4.79 Å².